The molecule has 1 aliphatic rings. The first-order valence-corrected chi connectivity index (χ1v) is 7.64. The van der Waals surface area contributed by atoms with Crippen LogP contribution in [0.5, 0.6) is 0 Å². The molecule has 0 N–H and O–H groups in total. The molecule has 0 aliphatic carbocycles. The van der Waals surface area contributed by atoms with E-state index in [4.69, 9.17) is 4.74 Å². The number of aromatic nitrogens is 2. The molecule has 19 heavy (non-hydrogen) atoms. The zero-order valence-electron chi connectivity index (χ0n) is 11.8. The van der Waals surface area contributed by atoms with Crippen molar-refractivity contribution >= 4 is 22.6 Å². The van der Waals surface area contributed by atoms with Crippen molar-refractivity contribution in [3.8, 4) is 0 Å². The number of hydrogen-bond donors (Lipinski definition) is 0. The van der Waals surface area contributed by atoms with Crippen LogP contribution in [0.1, 0.15) is 45.4 Å². The zero-order chi connectivity index (χ0) is 13.8. The second kappa shape index (κ2) is 6.32. The summed E-state index contributed by atoms with van der Waals surface area (Å²) < 4.78 is 9.45. The molecule has 2 rings (SSSR count). The summed E-state index contributed by atoms with van der Waals surface area (Å²) in [4.78, 5) is 18.4. The van der Waals surface area contributed by atoms with E-state index >= 15 is 0 Å². The largest absolute Gasteiger partial charge is 0.466 e. The molecule has 1 fully saturated rings. The molecule has 0 amide bonds. The Kier molecular flexibility index (Phi) is 4.74. The quantitative estimate of drug-likeness (QED) is 0.794. The molecule has 0 saturated carbocycles. The second-order valence-electron chi connectivity index (χ2n) is 5.10. The predicted molar refractivity (Wildman–Crippen MR) is 75.6 cm³/mol. The van der Waals surface area contributed by atoms with Crippen LogP contribution in [0.25, 0.3) is 0 Å². The van der Waals surface area contributed by atoms with Crippen LogP contribution >= 0.6 is 11.5 Å². The molecule has 6 heteroatoms. The van der Waals surface area contributed by atoms with Gasteiger partial charge in [0.25, 0.3) is 0 Å². The van der Waals surface area contributed by atoms with E-state index in [-0.39, 0.29) is 11.9 Å². The van der Waals surface area contributed by atoms with E-state index in [0.29, 0.717) is 12.5 Å². The first kappa shape index (κ1) is 14.2. The predicted octanol–water partition coefficient (Wildman–Crippen LogP) is 2.44. The lowest BCUT2D eigenvalue weighted by molar-refractivity contribution is -0.148. The summed E-state index contributed by atoms with van der Waals surface area (Å²) in [6, 6.07) is 0. The van der Waals surface area contributed by atoms with E-state index in [2.05, 4.69) is 28.1 Å². The first-order chi connectivity index (χ1) is 9.11. The number of piperidine rings is 1. The Balaban J connectivity index is 1.90. The number of esters is 1. The highest BCUT2D eigenvalue weighted by atomic mass is 32.1. The van der Waals surface area contributed by atoms with Gasteiger partial charge < -0.3 is 9.64 Å². The van der Waals surface area contributed by atoms with Gasteiger partial charge >= 0.3 is 5.97 Å². The Hall–Kier alpha value is -1.17. The van der Waals surface area contributed by atoms with Crippen molar-refractivity contribution in [2.75, 3.05) is 24.6 Å². The topological polar surface area (TPSA) is 55.3 Å². The molecule has 0 radical (unpaired) electrons. The molecule has 0 aromatic carbocycles. The van der Waals surface area contributed by atoms with E-state index in [1.165, 1.54) is 11.5 Å². The standard InChI is InChI=1S/C13H21N3O2S/c1-4-18-12(17)10-5-7-16(8-6-10)13-14-11(9(2)3)15-19-13/h9-10H,4-8H2,1-3H3. The van der Waals surface area contributed by atoms with Crippen LogP contribution in [-0.4, -0.2) is 35.0 Å². The van der Waals surface area contributed by atoms with Crippen molar-refractivity contribution in [2.24, 2.45) is 5.92 Å². The number of carbonyl (C=O) groups is 1. The monoisotopic (exact) mass is 283 g/mol. The molecule has 0 unspecified atom stereocenters. The number of ether oxygens (including phenoxy) is 1. The van der Waals surface area contributed by atoms with Crippen LogP contribution < -0.4 is 4.90 Å². The summed E-state index contributed by atoms with van der Waals surface area (Å²) in [5.41, 5.74) is 0. The van der Waals surface area contributed by atoms with E-state index in [1.54, 1.807) is 0 Å². The SMILES string of the molecule is CCOC(=O)C1CCN(c2nc(C(C)C)ns2)CC1. The Bertz CT molecular complexity index is 425. The average Bonchev–Trinajstić information content (AvgIpc) is 2.89. The third-order valence-corrected chi connectivity index (χ3v) is 4.12. The van der Waals surface area contributed by atoms with Gasteiger partial charge in [0.1, 0.15) is 5.82 Å². The van der Waals surface area contributed by atoms with Gasteiger partial charge in [-0.25, -0.2) is 4.98 Å². The van der Waals surface area contributed by atoms with Gasteiger partial charge in [0, 0.05) is 30.5 Å². The van der Waals surface area contributed by atoms with E-state index in [9.17, 15) is 4.79 Å². The summed E-state index contributed by atoms with van der Waals surface area (Å²) in [5.74, 6) is 1.27. The first-order valence-electron chi connectivity index (χ1n) is 6.87. The van der Waals surface area contributed by atoms with Crippen molar-refractivity contribution in [1.82, 2.24) is 9.36 Å². The highest BCUT2D eigenvalue weighted by Gasteiger charge is 2.27. The summed E-state index contributed by atoms with van der Waals surface area (Å²) >= 11 is 1.45. The van der Waals surface area contributed by atoms with Crippen molar-refractivity contribution in [3.63, 3.8) is 0 Å². The molecule has 5 nitrogen and oxygen atoms in total. The van der Waals surface area contributed by atoms with E-state index < -0.39 is 0 Å². The van der Waals surface area contributed by atoms with Crippen molar-refractivity contribution in [2.45, 2.75) is 39.5 Å². The van der Waals surface area contributed by atoms with Crippen LogP contribution in [0.3, 0.4) is 0 Å². The van der Waals surface area contributed by atoms with Crippen LogP contribution in [0.15, 0.2) is 0 Å². The Morgan fingerprint density at radius 3 is 2.68 bits per heavy atom. The van der Waals surface area contributed by atoms with Gasteiger partial charge in [0.05, 0.1) is 12.5 Å². The summed E-state index contributed by atoms with van der Waals surface area (Å²) in [6.45, 7) is 8.22. The molecular weight excluding hydrogens is 262 g/mol. The van der Waals surface area contributed by atoms with Gasteiger partial charge in [-0.1, -0.05) is 13.8 Å². The maximum absolute atomic E-state index is 11.7. The van der Waals surface area contributed by atoms with Crippen LogP contribution in [0.2, 0.25) is 0 Å². The van der Waals surface area contributed by atoms with Crippen LogP contribution in [-0.2, 0) is 9.53 Å². The number of nitrogens with zero attached hydrogens (tertiary/aromatic N) is 3. The van der Waals surface area contributed by atoms with Crippen molar-refractivity contribution in [1.29, 1.82) is 0 Å². The molecule has 2 heterocycles. The minimum absolute atomic E-state index is 0.0497. The molecule has 0 atom stereocenters. The summed E-state index contributed by atoms with van der Waals surface area (Å²) in [6.07, 6.45) is 1.69. The van der Waals surface area contributed by atoms with Crippen molar-refractivity contribution in [3.05, 3.63) is 5.82 Å². The van der Waals surface area contributed by atoms with Crippen LogP contribution in [0.4, 0.5) is 5.13 Å². The molecule has 1 aromatic heterocycles. The molecule has 0 spiro atoms. The molecular formula is C13H21N3O2S. The maximum Gasteiger partial charge on any atom is 0.309 e. The highest BCUT2D eigenvalue weighted by Crippen LogP contribution is 2.26. The fraction of sp³-hybridized carbons (Fsp3) is 0.769. The van der Waals surface area contributed by atoms with Gasteiger partial charge in [-0.2, -0.15) is 4.37 Å². The lowest BCUT2D eigenvalue weighted by atomic mass is 9.97. The number of rotatable bonds is 4. The van der Waals surface area contributed by atoms with Gasteiger partial charge in [0.2, 0.25) is 5.13 Å². The Morgan fingerprint density at radius 1 is 1.47 bits per heavy atom. The Morgan fingerprint density at radius 2 is 2.16 bits per heavy atom. The normalized spacial score (nSPS) is 16.9. The van der Waals surface area contributed by atoms with Crippen LogP contribution in [0, 0.1) is 5.92 Å². The molecule has 106 valence electrons. The summed E-state index contributed by atoms with van der Waals surface area (Å²) in [7, 11) is 0. The molecule has 1 aliphatic heterocycles. The number of anilines is 1. The third-order valence-electron chi connectivity index (χ3n) is 3.33. The molecule has 1 saturated heterocycles. The zero-order valence-corrected chi connectivity index (χ0v) is 12.6. The highest BCUT2D eigenvalue weighted by molar-refractivity contribution is 7.09. The lowest BCUT2D eigenvalue weighted by Gasteiger charge is -2.30. The van der Waals surface area contributed by atoms with Gasteiger partial charge in [-0.3, -0.25) is 4.79 Å². The van der Waals surface area contributed by atoms with E-state index in [1.807, 2.05) is 6.92 Å². The van der Waals surface area contributed by atoms with Gasteiger partial charge in [0.15, 0.2) is 0 Å². The van der Waals surface area contributed by atoms with Gasteiger partial charge in [-0.05, 0) is 19.8 Å². The Labute approximate surface area is 118 Å². The minimum atomic E-state index is -0.0534. The summed E-state index contributed by atoms with van der Waals surface area (Å²) in [5, 5.41) is 0.978. The number of carbonyl (C=O) groups excluding carboxylic acids is 1. The fourth-order valence-corrected chi connectivity index (χ4v) is 3.02. The number of hydrogen-bond acceptors (Lipinski definition) is 6. The van der Waals surface area contributed by atoms with E-state index in [0.717, 1.165) is 36.9 Å². The average molecular weight is 283 g/mol. The third kappa shape index (κ3) is 3.43. The maximum atomic E-state index is 11.7. The molecule has 1 aromatic rings. The smallest absolute Gasteiger partial charge is 0.309 e. The molecule has 0 bridgehead atoms. The minimum Gasteiger partial charge on any atom is -0.466 e. The second-order valence-corrected chi connectivity index (χ2v) is 5.83. The fourth-order valence-electron chi connectivity index (χ4n) is 2.16. The lowest BCUT2D eigenvalue weighted by Crippen LogP contribution is -2.36. The van der Waals surface area contributed by atoms with Crippen molar-refractivity contribution < 1.29 is 9.53 Å². The van der Waals surface area contributed by atoms with Gasteiger partial charge in [-0.15, -0.1) is 0 Å².